The summed E-state index contributed by atoms with van der Waals surface area (Å²) in [4.78, 5) is 0. The molecule has 1 N–H and O–H groups in total. The Kier molecular flexibility index (Phi) is 3.62. The summed E-state index contributed by atoms with van der Waals surface area (Å²) in [6, 6.07) is 11.9. The number of hydrogen-bond acceptors (Lipinski definition) is 1. The maximum Gasteiger partial charge on any atom is 0.0519 e. The number of rotatable bonds is 2. The van der Waals surface area contributed by atoms with Crippen molar-refractivity contribution in [3.8, 4) is 0 Å². The summed E-state index contributed by atoms with van der Waals surface area (Å²) in [6.07, 6.45) is 2.10. The molecule has 0 aliphatic heterocycles. The van der Waals surface area contributed by atoms with Gasteiger partial charge in [-0.2, -0.15) is 0 Å². The van der Waals surface area contributed by atoms with Gasteiger partial charge >= 0.3 is 0 Å². The maximum absolute atomic E-state index is 6.02. The highest BCUT2D eigenvalue weighted by Crippen LogP contribution is 2.36. The average Bonchev–Trinajstić information content (AvgIpc) is 2.70. The average molecular weight is 313 g/mol. The van der Waals surface area contributed by atoms with Crippen LogP contribution in [0.15, 0.2) is 36.4 Å². The summed E-state index contributed by atoms with van der Waals surface area (Å²) < 4.78 is 0. The van der Waals surface area contributed by atoms with Gasteiger partial charge in [-0.3, -0.25) is 0 Å². The molecule has 0 fully saturated rings. The highest BCUT2D eigenvalue weighted by Gasteiger charge is 2.22. The van der Waals surface area contributed by atoms with E-state index in [9.17, 15) is 0 Å². The molecule has 2 aromatic carbocycles. The van der Waals surface area contributed by atoms with Gasteiger partial charge < -0.3 is 5.32 Å². The molecule has 1 unspecified atom stereocenters. The molecule has 1 aliphatic carbocycles. The predicted molar refractivity (Wildman–Crippen MR) is 82.6 cm³/mol. The number of hydrogen-bond donors (Lipinski definition) is 1. The Morgan fingerprint density at radius 2 is 1.63 bits per heavy atom. The molecule has 0 heterocycles. The van der Waals surface area contributed by atoms with E-state index >= 15 is 0 Å². The zero-order valence-electron chi connectivity index (χ0n) is 10.1. The van der Waals surface area contributed by atoms with Gasteiger partial charge in [0.1, 0.15) is 0 Å². The molecule has 1 aliphatic rings. The maximum atomic E-state index is 6.02. The van der Waals surface area contributed by atoms with Gasteiger partial charge in [0.05, 0.1) is 6.04 Å². The summed E-state index contributed by atoms with van der Waals surface area (Å²) >= 11 is 18.0. The predicted octanol–water partition coefficient (Wildman–Crippen LogP) is 5.75. The van der Waals surface area contributed by atoms with E-state index in [0.717, 1.165) is 23.6 Å². The molecule has 1 atom stereocenters. The molecule has 1 nitrogen and oxygen atoms in total. The number of aryl methyl sites for hydroxylation is 1. The monoisotopic (exact) mass is 311 g/mol. The Hall–Kier alpha value is -0.890. The quantitative estimate of drug-likeness (QED) is 0.745. The topological polar surface area (TPSA) is 12.0 Å². The SMILES string of the molecule is Clc1cc(Cl)cc(NC2CCc3cc(Cl)ccc32)c1. The Bertz CT molecular complexity index is 605. The van der Waals surface area contributed by atoms with Gasteiger partial charge in [0, 0.05) is 20.8 Å². The summed E-state index contributed by atoms with van der Waals surface area (Å²) in [7, 11) is 0. The molecule has 0 aromatic heterocycles. The lowest BCUT2D eigenvalue weighted by Gasteiger charge is -2.16. The minimum Gasteiger partial charge on any atom is -0.378 e. The van der Waals surface area contributed by atoms with Crippen molar-refractivity contribution < 1.29 is 0 Å². The second kappa shape index (κ2) is 5.24. The van der Waals surface area contributed by atoms with Crippen molar-refractivity contribution in [2.45, 2.75) is 18.9 Å². The van der Waals surface area contributed by atoms with Crippen molar-refractivity contribution in [3.63, 3.8) is 0 Å². The van der Waals surface area contributed by atoms with Gasteiger partial charge in [0.15, 0.2) is 0 Å². The van der Waals surface area contributed by atoms with Crippen molar-refractivity contribution in [1.29, 1.82) is 0 Å². The van der Waals surface area contributed by atoms with Crippen molar-refractivity contribution in [3.05, 3.63) is 62.6 Å². The van der Waals surface area contributed by atoms with Gasteiger partial charge in [-0.05, 0) is 54.3 Å². The Labute approximate surface area is 127 Å². The smallest absolute Gasteiger partial charge is 0.0519 e. The first-order valence-electron chi connectivity index (χ1n) is 6.13. The van der Waals surface area contributed by atoms with Gasteiger partial charge in [-0.25, -0.2) is 0 Å². The van der Waals surface area contributed by atoms with Gasteiger partial charge in [-0.15, -0.1) is 0 Å². The van der Waals surface area contributed by atoms with Crippen LogP contribution in [0.3, 0.4) is 0 Å². The van der Waals surface area contributed by atoms with Crippen LogP contribution in [0.1, 0.15) is 23.6 Å². The van der Waals surface area contributed by atoms with Crippen LogP contribution >= 0.6 is 34.8 Å². The van der Waals surface area contributed by atoms with Crippen molar-refractivity contribution in [1.82, 2.24) is 0 Å². The third kappa shape index (κ3) is 2.84. The van der Waals surface area contributed by atoms with Crippen LogP contribution in [0.2, 0.25) is 15.1 Å². The highest BCUT2D eigenvalue weighted by molar-refractivity contribution is 6.35. The molecule has 0 bridgehead atoms. The zero-order chi connectivity index (χ0) is 13.4. The van der Waals surface area contributed by atoms with E-state index in [-0.39, 0.29) is 0 Å². The van der Waals surface area contributed by atoms with E-state index in [4.69, 9.17) is 34.8 Å². The van der Waals surface area contributed by atoms with Gasteiger partial charge in [0.2, 0.25) is 0 Å². The van der Waals surface area contributed by atoms with E-state index in [1.165, 1.54) is 11.1 Å². The van der Waals surface area contributed by atoms with Gasteiger partial charge in [-0.1, -0.05) is 40.9 Å². The molecule has 19 heavy (non-hydrogen) atoms. The molecule has 0 radical (unpaired) electrons. The first kappa shape index (κ1) is 13.1. The molecule has 0 spiro atoms. The first-order valence-corrected chi connectivity index (χ1v) is 7.26. The lowest BCUT2D eigenvalue weighted by molar-refractivity contribution is 0.762. The minimum atomic E-state index is 0.293. The fourth-order valence-electron chi connectivity index (χ4n) is 2.57. The van der Waals surface area contributed by atoms with Crippen molar-refractivity contribution >= 4 is 40.5 Å². The second-order valence-corrected chi connectivity index (χ2v) is 6.05. The van der Waals surface area contributed by atoms with Crippen molar-refractivity contribution in [2.75, 3.05) is 5.32 Å². The Morgan fingerprint density at radius 1 is 0.895 bits per heavy atom. The number of benzene rings is 2. The largest absolute Gasteiger partial charge is 0.378 e. The fourth-order valence-corrected chi connectivity index (χ4v) is 3.30. The normalized spacial score (nSPS) is 17.3. The van der Waals surface area contributed by atoms with Crippen LogP contribution in [-0.2, 0) is 6.42 Å². The van der Waals surface area contributed by atoms with Crippen molar-refractivity contribution in [2.24, 2.45) is 0 Å². The van der Waals surface area contributed by atoms with Crippen LogP contribution in [-0.4, -0.2) is 0 Å². The number of nitrogens with one attached hydrogen (secondary N) is 1. The van der Waals surface area contributed by atoms with Crippen LogP contribution in [0.5, 0.6) is 0 Å². The lowest BCUT2D eigenvalue weighted by Crippen LogP contribution is -2.06. The summed E-state index contributed by atoms with van der Waals surface area (Å²) in [5, 5.41) is 5.57. The summed E-state index contributed by atoms with van der Waals surface area (Å²) in [6.45, 7) is 0. The lowest BCUT2D eigenvalue weighted by atomic mass is 10.1. The highest BCUT2D eigenvalue weighted by atomic mass is 35.5. The van der Waals surface area contributed by atoms with E-state index in [1.54, 1.807) is 6.07 Å². The molecule has 0 amide bonds. The van der Waals surface area contributed by atoms with Crippen LogP contribution in [0, 0.1) is 0 Å². The van der Waals surface area contributed by atoms with E-state index in [0.29, 0.717) is 16.1 Å². The number of anilines is 1. The van der Waals surface area contributed by atoms with Gasteiger partial charge in [0.25, 0.3) is 0 Å². The second-order valence-electron chi connectivity index (χ2n) is 4.74. The molecule has 0 saturated carbocycles. The molecule has 3 rings (SSSR count). The molecular formula is C15H12Cl3N. The molecule has 98 valence electrons. The zero-order valence-corrected chi connectivity index (χ0v) is 12.4. The minimum absolute atomic E-state index is 0.293. The summed E-state index contributed by atoms with van der Waals surface area (Å²) in [5.74, 6) is 0. The van der Waals surface area contributed by atoms with Crippen LogP contribution in [0.25, 0.3) is 0 Å². The number of fused-ring (bicyclic) bond motifs is 1. The number of halogens is 3. The Balaban J connectivity index is 1.86. The summed E-state index contributed by atoms with van der Waals surface area (Å²) in [5.41, 5.74) is 3.57. The van der Waals surface area contributed by atoms with Crippen LogP contribution in [0.4, 0.5) is 5.69 Å². The molecular weight excluding hydrogens is 301 g/mol. The standard InChI is InChI=1S/C15H12Cl3N/c16-10-2-3-14-9(5-10)1-4-15(14)19-13-7-11(17)6-12(18)8-13/h2-3,5-8,15,19H,1,4H2. The Morgan fingerprint density at radius 3 is 2.37 bits per heavy atom. The first-order chi connectivity index (χ1) is 9.11. The fraction of sp³-hybridized carbons (Fsp3) is 0.200. The third-order valence-electron chi connectivity index (χ3n) is 3.39. The van der Waals surface area contributed by atoms with E-state index in [1.807, 2.05) is 24.3 Å². The third-order valence-corrected chi connectivity index (χ3v) is 4.06. The molecule has 2 aromatic rings. The molecule has 4 heteroatoms. The molecule has 0 saturated heterocycles. The van der Waals surface area contributed by atoms with Crippen LogP contribution < -0.4 is 5.32 Å². The van der Waals surface area contributed by atoms with E-state index in [2.05, 4.69) is 11.4 Å². The van der Waals surface area contributed by atoms with E-state index < -0.39 is 0 Å².